The maximum atomic E-state index is 13.3. The first kappa shape index (κ1) is 14.4. The summed E-state index contributed by atoms with van der Waals surface area (Å²) >= 11 is 0. The molecular weight excluding hydrogens is 240 g/mol. The van der Waals surface area contributed by atoms with E-state index in [4.69, 9.17) is 10.5 Å². The van der Waals surface area contributed by atoms with Gasteiger partial charge < -0.3 is 10.5 Å². The Labute approximate surface area is 105 Å². The number of esters is 1. The number of halogens is 2. The van der Waals surface area contributed by atoms with E-state index in [-0.39, 0.29) is 23.3 Å². The lowest BCUT2D eigenvalue weighted by atomic mass is 9.93. The Hall–Kier alpha value is -1.65. The van der Waals surface area contributed by atoms with E-state index in [0.29, 0.717) is 12.5 Å². The molecule has 0 aliphatic heterocycles. The summed E-state index contributed by atoms with van der Waals surface area (Å²) in [6.07, 6.45) is 0.650. The molecule has 0 atom stereocenters. The minimum Gasteiger partial charge on any atom is -0.462 e. The summed E-state index contributed by atoms with van der Waals surface area (Å²) in [5.41, 5.74) is 4.67. The van der Waals surface area contributed by atoms with Crippen molar-refractivity contribution >= 4 is 11.7 Å². The fourth-order valence-electron chi connectivity index (χ4n) is 1.25. The summed E-state index contributed by atoms with van der Waals surface area (Å²) in [4.78, 5) is 11.6. The number of benzene rings is 1. The Balaban J connectivity index is 2.70. The largest absolute Gasteiger partial charge is 0.462 e. The lowest BCUT2D eigenvalue weighted by molar-refractivity contribution is 0.0459. The van der Waals surface area contributed by atoms with Gasteiger partial charge in [0.25, 0.3) is 0 Å². The van der Waals surface area contributed by atoms with Crippen molar-refractivity contribution in [3.63, 3.8) is 0 Å². The van der Waals surface area contributed by atoms with Crippen LogP contribution in [0.15, 0.2) is 12.1 Å². The molecule has 1 rings (SSSR count). The number of hydrogen-bond acceptors (Lipinski definition) is 3. The molecule has 0 amide bonds. The van der Waals surface area contributed by atoms with Crippen LogP contribution in [0.2, 0.25) is 0 Å². The lowest BCUT2D eigenvalue weighted by Crippen LogP contribution is -2.14. The zero-order valence-corrected chi connectivity index (χ0v) is 10.7. The summed E-state index contributed by atoms with van der Waals surface area (Å²) in [7, 11) is 0. The van der Waals surface area contributed by atoms with Crippen LogP contribution in [0.1, 0.15) is 37.6 Å². The van der Waals surface area contributed by atoms with Gasteiger partial charge in [0.2, 0.25) is 0 Å². The first-order valence-electron chi connectivity index (χ1n) is 5.62. The molecule has 0 fully saturated rings. The molecule has 18 heavy (non-hydrogen) atoms. The van der Waals surface area contributed by atoms with Gasteiger partial charge >= 0.3 is 5.97 Å². The second kappa shape index (κ2) is 5.33. The average Bonchev–Trinajstić information content (AvgIpc) is 2.21. The molecule has 0 aromatic heterocycles. The third kappa shape index (κ3) is 3.98. The number of carbonyl (C=O) groups is 1. The molecule has 0 radical (unpaired) electrons. The van der Waals surface area contributed by atoms with Crippen molar-refractivity contribution in [2.45, 2.75) is 27.2 Å². The smallest absolute Gasteiger partial charge is 0.341 e. The Morgan fingerprint density at radius 1 is 1.28 bits per heavy atom. The molecule has 3 nitrogen and oxygen atoms in total. The second-order valence-electron chi connectivity index (χ2n) is 5.30. The quantitative estimate of drug-likeness (QED) is 0.668. The van der Waals surface area contributed by atoms with Crippen LogP contribution in [0.4, 0.5) is 14.5 Å². The van der Waals surface area contributed by atoms with E-state index in [1.807, 2.05) is 20.8 Å². The van der Waals surface area contributed by atoms with E-state index in [0.717, 1.165) is 6.07 Å². The SMILES string of the molecule is CC(C)(C)CCOC(=O)c1cc(N)c(F)cc1F. The lowest BCUT2D eigenvalue weighted by Gasteiger charge is -2.17. The average molecular weight is 257 g/mol. The van der Waals surface area contributed by atoms with Gasteiger partial charge in [-0.15, -0.1) is 0 Å². The van der Waals surface area contributed by atoms with Crippen molar-refractivity contribution in [2.24, 2.45) is 5.41 Å². The highest BCUT2D eigenvalue weighted by Gasteiger charge is 2.17. The predicted octanol–water partition coefficient (Wildman–Crippen LogP) is 3.14. The van der Waals surface area contributed by atoms with Gasteiger partial charge in [0.05, 0.1) is 17.9 Å². The van der Waals surface area contributed by atoms with E-state index in [9.17, 15) is 13.6 Å². The highest BCUT2D eigenvalue weighted by Crippen LogP contribution is 2.20. The Morgan fingerprint density at radius 3 is 2.44 bits per heavy atom. The fourth-order valence-corrected chi connectivity index (χ4v) is 1.25. The van der Waals surface area contributed by atoms with Crippen LogP contribution in [0.25, 0.3) is 0 Å². The number of nitrogen functional groups attached to an aromatic ring is 1. The van der Waals surface area contributed by atoms with E-state index in [1.54, 1.807) is 0 Å². The molecular formula is C13H17F2NO2. The number of ether oxygens (including phenoxy) is 1. The maximum Gasteiger partial charge on any atom is 0.341 e. The maximum absolute atomic E-state index is 13.3. The van der Waals surface area contributed by atoms with E-state index >= 15 is 0 Å². The van der Waals surface area contributed by atoms with Crippen molar-refractivity contribution in [1.82, 2.24) is 0 Å². The molecule has 2 N–H and O–H groups in total. The van der Waals surface area contributed by atoms with Crippen molar-refractivity contribution < 1.29 is 18.3 Å². The first-order chi connectivity index (χ1) is 8.20. The van der Waals surface area contributed by atoms with Gasteiger partial charge in [0.15, 0.2) is 0 Å². The number of nitrogens with two attached hydrogens (primary N) is 1. The second-order valence-corrected chi connectivity index (χ2v) is 5.30. The summed E-state index contributed by atoms with van der Waals surface area (Å²) in [5.74, 6) is -2.69. The molecule has 0 spiro atoms. The first-order valence-corrected chi connectivity index (χ1v) is 5.62. The van der Waals surface area contributed by atoms with Gasteiger partial charge in [0, 0.05) is 6.07 Å². The molecule has 1 aromatic rings. The van der Waals surface area contributed by atoms with Gasteiger partial charge in [-0.1, -0.05) is 20.8 Å². The van der Waals surface area contributed by atoms with E-state index in [2.05, 4.69) is 0 Å². The molecule has 100 valence electrons. The molecule has 0 unspecified atom stereocenters. The number of rotatable bonds is 3. The summed E-state index contributed by atoms with van der Waals surface area (Å²) in [5, 5.41) is 0. The fraction of sp³-hybridized carbons (Fsp3) is 0.462. The molecule has 5 heteroatoms. The van der Waals surface area contributed by atoms with Gasteiger partial charge in [-0.2, -0.15) is 0 Å². The minimum absolute atomic E-state index is 0.0145. The summed E-state index contributed by atoms with van der Waals surface area (Å²) < 4.78 is 31.2. The molecule has 0 aliphatic rings. The van der Waals surface area contributed by atoms with Gasteiger partial charge in [-0.05, 0) is 17.9 Å². The molecule has 0 saturated carbocycles. The minimum atomic E-state index is -0.970. The van der Waals surface area contributed by atoms with Crippen molar-refractivity contribution in [3.05, 3.63) is 29.3 Å². The molecule has 0 aliphatic carbocycles. The molecule has 0 heterocycles. The normalized spacial score (nSPS) is 11.4. The van der Waals surface area contributed by atoms with Crippen LogP contribution in [-0.2, 0) is 4.74 Å². The van der Waals surface area contributed by atoms with Crippen LogP contribution in [-0.4, -0.2) is 12.6 Å². The zero-order chi connectivity index (χ0) is 13.9. The Bertz CT molecular complexity index is 453. The highest BCUT2D eigenvalue weighted by molar-refractivity contribution is 5.90. The topological polar surface area (TPSA) is 52.3 Å². The standard InChI is InChI=1S/C13H17F2NO2/c1-13(2,3)4-5-18-12(17)8-6-11(16)10(15)7-9(8)14/h6-7H,4-5,16H2,1-3H3. The zero-order valence-electron chi connectivity index (χ0n) is 10.7. The van der Waals surface area contributed by atoms with Crippen LogP contribution in [0.5, 0.6) is 0 Å². The van der Waals surface area contributed by atoms with Crippen molar-refractivity contribution in [1.29, 1.82) is 0 Å². The van der Waals surface area contributed by atoms with Crippen LogP contribution < -0.4 is 5.73 Å². The molecule has 0 saturated heterocycles. The van der Waals surface area contributed by atoms with E-state index in [1.165, 1.54) is 0 Å². The van der Waals surface area contributed by atoms with Crippen LogP contribution >= 0.6 is 0 Å². The molecule has 1 aromatic carbocycles. The van der Waals surface area contributed by atoms with Crippen molar-refractivity contribution in [2.75, 3.05) is 12.3 Å². The van der Waals surface area contributed by atoms with Crippen molar-refractivity contribution in [3.8, 4) is 0 Å². The molecule has 0 bridgehead atoms. The third-order valence-electron chi connectivity index (χ3n) is 2.39. The number of anilines is 1. The predicted molar refractivity (Wildman–Crippen MR) is 65.1 cm³/mol. The Morgan fingerprint density at radius 2 is 1.89 bits per heavy atom. The highest BCUT2D eigenvalue weighted by atomic mass is 19.1. The van der Waals surface area contributed by atoms with Crippen LogP contribution in [0, 0.1) is 17.0 Å². The number of hydrogen-bond donors (Lipinski definition) is 1. The summed E-state index contributed by atoms with van der Waals surface area (Å²) in [6, 6.07) is 1.53. The Kier molecular flexibility index (Phi) is 4.27. The third-order valence-corrected chi connectivity index (χ3v) is 2.39. The van der Waals surface area contributed by atoms with Gasteiger partial charge in [-0.3, -0.25) is 0 Å². The monoisotopic (exact) mass is 257 g/mol. The van der Waals surface area contributed by atoms with E-state index < -0.39 is 17.6 Å². The van der Waals surface area contributed by atoms with Gasteiger partial charge in [0.1, 0.15) is 11.6 Å². The van der Waals surface area contributed by atoms with Crippen LogP contribution in [0.3, 0.4) is 0 Å². The summed E-state index contributed by atoms with van der Waals surface area (Å²) in [6.45, 7) is 6.17. The van der Waals surface area contributed by atoms with Gasteiger partial charge in [-0.25, -0.2) is 13.6 Å². The number of carbonyl (C=O) groups excluding carboxylic acids is 1.